The van der Waals surface area contributed by atoms with Gasteiger partial charge in [-0.15, -0.1) is 0 Å². The average Bonchev–Trinajstić information content (AvgIpc) is 2.71. The standard InChI is InChI=1S/C13H12N4/c14-11-6-7-17-13(9-11)15-12(16-17)8-10-4-2-1-3-5-10/h1-7,9H,8,14H2. The maximum atomic E-state index is 5.70. The SMILES string of the molecule is Nc1ccn2nc(Cc3ccccc3)nc2c1. The molecule has 0 atom stereocenters. The van der Waals surface area contributed by atoms with E-state index in [0.29, 0.717) is 5.69 Å². The minimum Gasteiger partial charge on any atom is -0.399 e. The molecule has 0 bridgehead atoms. The second kappa shape index (κ2) is 3.90. The number of rotatable bonds is 2. The van der Waals surface area contributed by atoms with Crippen molar-refractivity contribution in [3.63, 3.8) is 0 Å². The van der Waals surface area contributed by atoms with Crippen LogP contribution in [0.3, 0.4) is 0 Å². The molecule has 2 N–H and O–H groups in total. The fourth-order valence-corrected chi connectivity index (χ4v) is 1.80. The Hall–Kier alpha value is -2.36. The van der Waals surface area contributed by atoms with Crippen molar-refractivity contribution < 1.29 is 0 Å². The van der Waals surface area contributed by atoms with E-state index in [1.165, 1.54) is 5.56 Å². The van der Waals surface area contributed by atoms with Crippen LogP contribution >= 0.6 is 0 Å². The zero-order valence-electron chi connectivity index (χ0n) is 9.24. The molecule has 0 aliphatic heterocycles. The van der Waals surface area contributed by atoms with Gasteiger partial charge in [-0.1, -0.05) is 30.3 Å². The van der Waals surface area contributed by atoms with Crippen molar-refractivity contribution in [2.45, 2.75) is 6.42 Å². The summed E-state index contributed by atoms with van der Waals surface area (Å²) in [4.78, 5) is 4.44. The molecular weight excluding hydrogens is 212 g/mol. The van der Waals surface area contributed by atoms with E-state index in [0.717, 1.165) is 17.9 Å². The van der Waals surface area contributed by atoms with Crippen LogP contribution in [0.15, 0.2) is 48.7 Å². The number of nitrogen functional groups attached to an aromatic ring is 1. The molecule has 0 radical (unpaired) electrons. The van der Waals surface area contributed by atoms with Gasteiger partial charge in [-0.05, 0) is 11.6 Å². The molecule has 0 aliphatic carbocycles. The largest absolute Gasteiger partial charge is 0.399 e. The highest BCUT2D eigenvalue weighted by molar-refractivity contribution is 5.50. The van der Waals surface area contributed by atoms with Crippen LogP contribution in [0.2, 0.25) is 0 Å². The maximum absolute atomic E-state index is 5.70. The fraction of sp³-hybridized carbons (Fsp3) is 0.0769. The van der Waals surface area contributed by atoms with Crippen LogP contribution in [0, 0.1) is 0 Å². The van der Waals surface area contributed by atoms with Gasteiger partial charge in [-0.2, -0.15) is 5.10 Å². The number of hydrogen-bond donors (Lipinski definition) is 1. The topological polar surface area (TPSA) is 56.2 Å². The number of pyridine rings is 1. The molecule has 0 unspecified atom stereocenters. The van der Waals surface area contributed by atoms with E-state index in [-0.39, 0.29) is 0 Å². The van der Waals surface area contributed by atoms with Gasteiger partial charge in [0.1, 0.15) is 0 Å². The summed E-state index contributed by atoms with van der Waals surface area (Å²) in [5.74, 6) is 0.807. The van der Waals surface area contributed by atoms with Crippen molar-refractivity contribution in [3.05, 3.63) is 60.0 Å². The molecule has 4 heteroatoms. The fourth-order valence-electron chi connectivity index (χ4n) is 1.80. The summed E-state index contributed by atoms with van der Waals surface area (Å²) in [5, 5.41) is 4.40. The maximum Gasteiger partial charge on any atom is 0.157 e. The van der Waals surface area contributed by atoms with Gasteiger partial charge < -0.3 is 5.73 Å². The summed E-state index contributed by atoms with van der Waals surface area (Å²) in [7, 11) is 0. The van der Waals surface area contributed by atoms with Crippen LogP contribution in [0.25, 0.3) is 5.65 Å². The number of benzene rings is 1. The molecule has 4 nitrogen and oxygen atoms in total. The van der Waals surface area contributed by atoms with E-state index >= 15 is 0 Å². The van der Waals surface area contributed by atoms with Gasteiger partial charge in [0.15, 0.2) is 11.5 Å². The van der Waals surface area contributed by atoms with E-state index < -0.39 is 0 Å². The Kier molecular flexibility index (Phi) is 2.26. The second-order valence-corrected chi connectivity index (χ2v) is 3.95. The second-order valence-electron chi connectivity index (χ2n) is 3.95. The van der Waals surface area contributed by atoms with Crippen molar-refractivity contribution in [2.75, 3.05) is 5.73 Å². The summed E-state index contributed by atoms with van der Waals surface area (Å²) in [6, 6.07) is 13.8. The van der Waals surface area contributed by atoms with Crippen LogP contribution in [0.4, 0.5) is 5.69 Å². The van der Waals surface area contributed by atoms with Gasteiger partial charge in [0.05, 0.1) is 0 Å². The van der Waals surface area contributed by atoms with Crippen LogP contribution in [0.5, 0.6) is 0 Å². The molecule has 1 aromatic carbocycles. The van der Waals surface area contributed by atoms with E-state index in [2.05, 4.69) is 22.2 Å². The zero-order valence-corrected chi connectivity index (χ0v) is 9.24. The third kappa shape index (κ3) is 1.97. The Morgan fingerprint density at radius 1 is 1.12 bits per heavy atom. The minimum atomic E-state index is 0.705. The van der Waals surface area contributed by atoms with Crippen molar-refractivity contribution in [3.8, 4) is 0 Å². The Balaban J connectivity index is 1.96. The molecule has 0 fully saturated rings. The number of fused-ring (bicyclic) bond motifs is 1. The Morgan fingerprint density at radius 3 is 2.76 bits per heavy atom. The molecule has 2 heterocycles. The Bertz CT molecular complexity index is 643. The third-order valence-electron chi connectivity index (χ3n) is 2.61. The minimum absolute atomic E-state index is 0.705. The summed E-state index contributed by atoms with van der Waals surface area (Å²) in [5.41, 5.74) is 8.40. The van der Waals surface area contributed by atoms with E-state index in [4.69, 9.17) is 5.73 Å². The van der Waals surface area contributed by atoms with Crippen molar-refractivity contribution >= 4 is 11.3 Å². The highest BCUT2D eigenvalue weighted by Gasteiger charge is 2.04. The average molecular weight is 224 g/mol. The molecule has 2 aromatic heterocycles. The number of aromatic nitrogens is 3. The lowest BCUT2D eigenvalue weighted by Crippen LogP contribution is -1.92. The number of anilines is 1. The third-order valence-corrected chi connectivity index (χ3v) is 2.61. The highest BCUT2D eigenvalue weighted by Crippen LogP contribution is 2.10. The monoisotopic (exact) mass is 224 g/mol. The van der Waals surface area contributed by atoms with E-state index in [9.17, 15) is 0 Å². The van der Waals surface area contributed by atoms with Crippen molar-refractivity contribution in [1.82, 2.24) is 14.6 Å². The van der Waals surface area contributed by atoms with E-state index in [1.54, 1.807) is 4.52 Å². The molecule has 17 heavy (non-hydrogen) atoms. The van der Waals surface area contributed by atoms with Gasteiger partial charge >= 0.3 is 0 Å². The first-order valence-corrected chi connectivity index (χ1v) is 5.46. The normalized spacial score (nSPS) is 10.8. The zero-order chi connectivity index (χ0) is 11.7. The van der Waals surface area contributed by atoms with Crippen LogP contribution < -0.4 is 5.73 Å². The van der Waals surface area contributed by atoms with Gasteiger partial charge in [0, 0.05) is 24.4 Å². The molecule has 0 amide bonds. The van der Waals surface area contributed by atoms with Gasteiger partial charge in [-0.25, -0.2) is 9.50 Å². The summed E-state index contributed by atoms with van der Waals surface area (Å²) >= 11 is 0. The summed E-state index contributed by atoms with van der Waals surface area (Å²) in [6.07, 6.45) is 2.56. The smallest absolute Gasteiger partial charge is 0.157 e. The molecule has 0 aliphatic rings. The van der Waals surface area contributed by atoms with Crippen molar-refractivity contribution in [2.24, 2.45) is 0 Å². The molecule has 3 rings (SSSR count). The Morgan fingerprint density at radius 2 is 1.94 bits per heavy atom. The molecule has 84 valence electrons. The van der Waals surface area contributed by atoms with Gasteiger partial charge in [0.2, 0.25) is 0 Å². The first-order chi connectivity index (χ1) is 8.31. The van der Waals surface area contributed by atoms with Gasteiger partial charge in [-0.3, -0.25) is 0 Å². The predicted molar refractivity (Wildman–Crippen MR) is 66.6 cm³/mol. The lowest BCUT2D eigenvalue weighted by Gasteiger charge is -1.94. The Labute approximate surface area is 98.7 Å². The molecule has 0 spiro atoms. The van der Waals surface area contributed by atoms with Crippen LogP contribution in [-0.2, 0) is 6.42 Å². The van der Waals surface area contributed by atoms with E-state index in [1.807, 2.05) is 36.5 Å². The summed E-state index contributed by atoms with van der Waals surface area (Å²) in [6.45, 7) is 0. The quantitative estimate of drug-likeness (QED) is 0.723. The highest BCUT2D eigenvalue weighted by atomic mass is 15.3. The molecule has 3 aromatic rings. The molecule has 0 saturated carbocycles. The van der Waals surface area contributed by atoms with Crippen LogP contribution in [-0.4, -0.2) is 14.6 Å². The predicted octanol–water partition coefficient (Wildman–Crippen LogP) is 1.90. The van der Waals surface area contributed by atoms with Crippen molar-refractivity contribution in [1.29, 1.82) is 0 Å². The molecule has 0 saturated heterocycles. The lowest BCUT2D eigenvalue weighted by molar-refractivity contribution is 0.900. The molecular formula is C13H12N4. The summed E-state index contributed by atoms with van der Waals surface area (Å²) < 4.78 is 1.74. The first-order valence-electron chi connectivity index (χ1n) is 5.46. The number of nitrogens with zero attached hydrogens (tertiary/aromatic N) is 3. The lowest BCUT2D eigenvalue weighted by atomic mass is 10.1. The number of hydrogen-bond acceptors (Lipinski definition) is 3. The van der Waals surface area contributed by atoms with Gasteiger partial charge in [0.25, 0.3) is 0 Å². The van der Waals surface area contributed by atoms with Crippen LogP contribution in [0.1, 0.15) is 11.4 Å². The number of nitrogens with two attached hydrogens (primary N) is 1. The first kappa shape index (κ1) is 9.84.